The van der Waals surface area contributed by atoms with Crippen molar-refractivity contribution in [3.8, 4) is 0 Å². The van der Waals surface area contributed by atoms with Gasteiger partial charge in [-0.25, -0.2) is 8.42 Å². The Morgan fingerprint density at radius 2 is 1.86 bits per heavy atom. The van der Waals surface area contributed by atoms with Gasteiger partial charge in [0.05, 0.1) is 11.5 Å². The molecule has 1 amide bonds. The maximum atomic E-state index is 13.0. The van der Waals surface area contributed by atoms with Crippen LogP contribution in [0.15, 0.2) is 46.0 Å². The Morgan fingerprint density at radius 3 is 2.52 bits per heavy atom. The fourth-order valence-electron chi connectivity index (χ4n) is 3.89. The van der Waals surface area contributed by atoms with Gasteiger partial charge in [-0.3, -0.25) is 14.9 Å². The van der Waals surface area contributed by atoms with Crippen LogP contribution in [0, 0.1) is 10.1 Å². The minimum atomic E-state index is -3.68. The number of sulfonamides is 1. The monoisotopic (exact) mass is 437 g/mol. The highest BCUT2D eigenvalue weighted by atomic mass is 32.2. The molecule has 11 heteroatoms. The van der Waals surface area contributed by atoms with E-state index in [1.165, 1.54) is 27.4 Å². The van der Waals surface area contributed by atoms with Crippen molar-refractivity contribution < 1.29 is 22.9 Å². The number of amides is 1. The summed E-state index contributed by atoms with van der Waals surface area (Å²) in [4.78, 5) is 25.0. The molecule has 9 nitrogen and oxygen atoms in total. The second kappa shape index (κ2) is 7.48. The summed E-state index contributed by atoms with van der Waals surface area (Å²) in [5, 5.41) is 12.9. The smallest absolute Gasteiger partial charge is 0.282 e. The van der Waals surface area contributed by atoms with Gasteiger partial charge in [-0.2, -0.15) is 4.31 Å². The van der Waals surface area contributed by atoms with Crippen LogP contribution in [-0.2, 0) is 14.8 Å². The molecular weight excluding hydrogens is 418 g/mol. The molecular formula is C18H19N3O6S2. The average Bonchev–Trinajstić information content (AvgIpc) is 3.39. The van der Waals surface area contributed by atoms with Gasteiger partial charge in [0, 0.05) is 38.5 Å². The van der Waals surface area contributed by atoms with Gasteiger partial charge in [0.25, 0.3) is 21.6 Å². The summed E-state index contributed by atoms with van der Waals surface area (Å²) in [5.41, 5.74) is -1.19. The van der Waals surface area contributed by atoms with E-state index in [9.17, 15) is 23.3 Å². The van der Waals surface area contributed by atoms with Crippen LogP contribution in [0.5, 0.6) is 0 Å². The molecule has 0 bridgehead atoms. The van der Waals surface area contributed by atoms with Gasteiger partial charge in [0.1, 0.15) is 15.5 Å². The number of likely N-dealkylation sites (tertiary alicyclic amines) is 1. The van der Waals surface area contributed by atoms with Gasteiger partial charge in [-0.1, -0.05) is 18.2 Å². The molecule has 2 aromatic rings. The second-order valence-corrected chi connectivity index (χ2v) is 9.91. The van der Waals surface area contributed by atoms with Crippen molar-refractivity contribution in [2.75, 3.05) is 26.2 Å². The van der Waals surface area contributed by atoms with Crippen LogP contribution in [-0.4, -0.2) is 60.4 Å². The second-order valence-electron chi connectivity index (χ2n) is 6.87. The van der Waals surface area contributed by atoms with Gasteiger partial charge >= 0.3 is 0 Å². The molecule has 1 aromatic carbocycles. The highest BCUT2D eigenvalue weighted by molar-refractivity contribution is 7.91. The number of carbonyl (C=O) groups is 1. The number of nitro benzene ring substituents is 1. The summed E-state index contributed by atoms with van der Waals surface area (Å²) in [6.45, 7) is 1.06. The molecule has 154 valence electrons. The molecule has 0 N–H and O–H groups in total. The van der Waals surface area contributed by atoms with Gasteiger partial charge in [0.2, 0.25) is 0 Å². The molecule has 0 radical (unpaired) electrons. The summed E-state index contributed by atoms with van der Waals surface area (Å²) < 4.78 is 33.6. The van der Waals surface area contributed by atoms with Gasteiger partial charge in [-0.15, -0.1) is 11.3 Å². The number of para-hydroxylation sites is 1. The predicted molar refractivity (Wildman–Crippen MR) is 105 cm³/mol. The minimum Gasteiger partial charge on any atom is -0.358 e. The maximum absolute atomic E-state index is 13.0. The van der Waals surface area contributed by atoms with Crippen molar-refractivity contribution in [3.05, 3.63) is 57.5 Å². The van der Waals surface area contributed by atoms with E-state index in [1.54, 1.807) is 23.6 Å². The predicted octanol–water partition coefficient (Wildman–Crippen LogP) is 2.31. The first-order valence-corrected chi connectivity index (χ1v) is 11.4. The van der Waals surface area contributed by atoms with Gasteiger partial charge in [-0.05, 0) is 17.5 Å². The fourth-order valence-corrected chi connectivity index (χ4v) is 6.72. The number of piperidine rings is 1. The Bertz CT molecular complexity index is 1030. The largest absolute Gasteiger partial charge is 0.358 e. The van der Waals surface area contributed by atoms with E-state index in [2.05, 4.69) is 0 Å². The third-order valence-corrected chi connectivity index (χ3v) is 8.64. The highest BCUT2D eigenvalue weighted by Gasteiger charge is 2.51. The Hall–Kier alpha value is -2.34. The minimum absolute atomic E-state index is 0.0313. The third kappa shape index (κ3) is 3.44. The summed E-state index contributed by atoms with van der Waals surface area (Å²) in [6.07, 6.45) is 0.619. The van der Waals surface area contributed by atoms with Gasteiger partial charge in [0.15, 0.2) is 0 Å². The van der Waals surface area contributed by atoms with Crippen molar-refractivity contribution >= 4 is 33.0 Å². The number of carbonyl (C=O) groups excluding carboxylic acids is 1. The number of hydrogen-bond acceptors (Lipinski definition) is 7. The lowest BCUT2D eigenvalue weighted by Crippen LogP contribution is -2.55. The number of hydrogen-bond donors (Lipinski definition) is 0. The SMILES string of the molecule is O=C(c1ccccc1[N+](=O)[O-])N1CCC2(CC1)OCCN2S(=O)(=O)c1cccs1. The molecule has 1 spiro atoms. The normalized spacial score (nSPS) is 19.5. The Balaban J connectivity index is 1.53. The molecule has 0 atom stereocenters. The summed E-state index contributed by atoms with van der Waals surface area (Å²) in [5.74, 6) is -0.433. The number of ether oxygens (including phenoxy) is 1. The molecule has 2 aliphatic heterocycles. The molecule has 2 aliphatic rings. The number of rotatable bonds is 4. The number of benzene rings is 1. The lowest BCUT2D eigenvalue weighted by molar-refractivity contribution is -0.385. The molecule has 4 rings (SSSR count). The Labute approximate surface area is 171 Å². The van der Waals surface area contributed by atoms with E-state index in [1.807, 2.05) is 0 Å². The third-order valence-electron chi connectivity index (χ3n) is 5.32. The number of nitrogens with zero attached hydrogens (tertiary/aromatic N) is 3. The quantitative estimate of drug-likeness (QED) is 0.536. The Kier molecular flexibility index (Phi) is 5.15. The molecule has 0 saturated carbocycles. The van der Waals surface area contributed by atoms with E-state index >= 15 is 0 Å². The first kappa shape index (κ1) is 20.0. The van der Waals surface area contributed by atoms with Crippen LogP contribution in [0.3, 0.4) is 0 Å². The molecule has 0 unspecified atom stereocenters. The molecule has 2 saturated heterocycles. The molecule has 3 heterocycles. The molecule has 2 fully saturated rings. The Morgan fingerprint density at radius 1 is 1.14 bits per heavy atom. The molecule has 1 aromatic heterocycles. The van der Waals surface area contributed by atoms with Crippen molar-refractivity contribution in [1.82, 2.24) is 9.21 Å². The number of thiophene rings is 1. The fraction of sp³-hybridized carbons (Fsp3) is 0.389. The summed E-state index contributed by atoms with van der Waals surface area (Å²) in [6, 6.07) is 9.09. The first-order chi connectivity index (χ1) is 13.8. The number of nitro groups is 1. The van der Waals surface area contributed by atoms with Crippen LogP contribution >= 0.6 is 11.3 Å². The van der Waals surface area contributed by atoms with E-state index in [0.717, 1.165) is 11.3 Å². The zero-order valence-electron chi connectivity index (χ0n) is 15.4. The maximum Gasteiger partial charge on any atom is 0.282 e. The van der Waals surface area contributed by atoms with Crippen molar-refractivity contribution in [2.24, 2.45) is 0 Å². The lowest BCUT2D eigenvalue weighted by atomic mass is 9.99. The van der Waals surface area contributed by atoms with Crippen LogP contribution in [0.25, 0.3) is 0 Å². The zero-order chi connectivity index (χ0) is 20.6. The van der Waals surface area contributed by atoms with Crippen molar-refractivity contribution in [3.63, 3.8) is 0 Å². The zero-order valence-corrected chi connectivity index (χ0v) is 17.0. The highest BCUT2D eigenvalue weighted by Crippen LogP contribution is 2.39. The van der Waals surface area contributed by atoms with Crippen LogP contribution < -0.4 is 0 Å². The van der Waals surface area contributed by atoms with E-state index < -0.39 is 26.6 Å². The first-order valence-electron chi connectivity index (χ1n) is 9.08. The van der Waals surface area contributed by atoms with Crippen LogP contribution in [0.4, 0.5) is 5.69 Å². The molecule has 0 aliphatic carbocycles. The van der Waals surface area contributed by atoms with E-state index in [0.29, 0.717) is 19.4 Å². The summed E-state index contributed by atoms with van der Waals surface area (Å²) in [7, 11) is -3.68. The molecule has 29 heavy (non-hydrogen) atoms. The summed E-state index contributed by atoms with van der Waals surface area (Å²) >= 11 is 1.16. The average molecular weight is 437 g/mol. The lowest BCUT2D eigenvalue weighted by Gasteiger charge is -2.42. The van der Waals surface area contributed by atoms with Gasteiger partial charge < -0.3 is 9.64 Å². The van der Waals surface area contributed by atoms with Crippen LogP contribution in [0.1, 0.15) is 23.2 Å². The van der Waals surface area contributed by atoms with Crippen molar-refractivity contribution in [1.29, 1.82) is 0 Å². The van der Waals surface area contributed by atoms with Crippen molar-refractivity contribution in [2.45, 2.75) is 22.8 Å². The topological polar surface area (TPSA) is 110 Å². The van der Waals surface area contributed by atoms with E-state index in [-0.39, 0.29) is 35.1 Å². The van der Waals surface area contributed by atoms with Crippen LogP contribution in [0.2, 0.25) is 0 Å². The van der Waals surface area contributed by atoms with E-state index in [4.69, 9.17) is 4.74 Å². The standard InChI is InChI=1S/C18H19N3O6S2/c22-17(14-4-1-2-5-15(14)21(23)24)19-9-7-18(8-10-19)20(11-12-27-18)29(25,26)16-6-3-13-28-16/h1-6,13H,7-12H2.